The van der Waals surface area contributed by atoms with E-state index in [-0.39, 0.29) is 16.8 Å². The van der Waals surface area contributed by atoms with Gasteiger partial charge in [-0.1, -0.05) is 24.6 Å². The normalized spacial score (nSPS) is 20.9. The summed E-state index contributed by atoms with van der Waals surface area (Å²) in [6.45, 7) is 5.34. The second kappa shape index (κ2) is 8.78. The maximum absolute atomic E-state index is 13.0. The lowest BCUT2D eigenvalue weighted by molar-refractivity contribution is 0.0726. The Bertz CT molecular complexity index is 971. The number of hydrogen-bond acceptors (Lipinski definition) is 4. The van der Waals surface area contributed by atoms with Gasteiger partial charge in [0.1, 0.15) is 0 Å². The summed E-state index contributed by atoms with van der Waals surface area (Å²) in [7, 11) is -3.47. The van der Waals surface area contributed by atoms with Crippen molar-refractivity contribution in [1.82, 2.24) is 9.21 Å². The van der Waals surface area contributed by atoms with Gasteiger partial charge in [0.25, 0.3) is 5.91 Å². The Morgan fingerprint density at radius 3 is 2.17 bits per heavy atom. The number of sulfonamides is 1. The van der Waals surface area contributed by atoms with Crippen LogP contribution in [-0.4, -0.2) is 62.3 Å². The van der Waals surface area contributed by atoms with E-state index >= 15 is 0 Å². The zero-order valence-electron chi connectivity index (χ0n) is 17.4. The minimum Gasteiger partial charge on any atom is -0.365 e. The van der Waals surface area contributed by atoms with E-state index in [0.717, 1.165) is 25.8 Å². The van der Waals surface area contributed by atoms with Gasteiger partial charge >= 0.3 is 0 Å². The molecule has 2 aromatic carbocycles. The van der Waals surface area contributed by atoms with Crippen molar-refractivity contribution in [2.75, 3.05) is 37.6 Å². The van der Waals surface area contributed by atoms with E-state index in [1.165, 1.54) is 5.69 Å². The molecular formula is C23H29N3O3S. The number of carbonyl (C=O) groups is 1. The van der Waals surface area contributed by atoms with E-state index in [2.05, 4.69) is 24.0 Å². The third kappa shape index (κ3) is 4.23. The van der Waals surface area contributed by atoms with Gasteiger partial charge in [-0.25, -0.2) is 8.42 Å². The fraction of sp³-hybridized carbons (Fsp3) is 0.435. The summed E-state index contributed by atoms with van der Waals surface area (Å²) in [6.07, 6.45) is 2.89. The van der Waals surface area contributed by atoms with Crippen LogP contribution in [0.15, 0.2) is 59.5 Å². The molecule has 0 radical (unpaired) electrons. The van der Waals surface area contributed by atoms with Crippen LogP contribution in [-0.2, 0) is 10.0 Å². The van der Waals surface area contributed by atoms with Crippen molar-refractivity contribution in [1.29, 1.82) is 0 Å². The fourth-order valence-electron chi connectivity index (χ4n) is 4.35. The Hall–Kier alpha value is -2.38. The van der Waals surface area contributed by atoms with Crippen LogP contribution in [0.4, 0.5) is 5.69 Å². The van der Waals surface area contributed by atoms with Crippen molar-refractivity contribution < 1.29 is 13.2 Å². The summed E-state index contributed by atoms with van der Waals surface area (Å²) >= 11 is 0. The first-order valence-electron chi connectivity index (χ1n) is 10.7. The molecule has 2 aliphatic heterocycles. The predicted molar refractivity (Wildman–Crippen MR) is 118 cm³/mol. The van der Waals surface area contributed by atoms with E-state index in [1.54, 1.807) is 28.6 Å². The van der Waals surface area contributed by atoms with E-state index in [4.69, 9.17) is 0 Å². The number of para-hydroxylation sites is 1. The van der Waals surface area contributed by atoms with Crippen LogP contribution in [0.5, 0.6) is 0 Å². The molecule has 30 heavy (non-hydrogen) atoms. The number of piperazine rings is 1. The van der Waals surface area contributed by atoms with Crippen LogP contribution in [0, 0.1) is 0 Å². The molecule has 0 spiro atoms. The quantitative estimate of drug-likeness (QED) is 0.752. The zero-order valence-corrected chi connectivity index (χ0v) is 18.2. The summed E-state index contributed by atoms with van der Waals surface area (Å²) in [5, 5.41) is 0. The molecule has 0 aromatic heterocycles. The molecular weight excluding hydrogens is 398 g/mol. The lowest BCUT2D eigenvalue weighted by Gasteiger charge is -2.41. The summed E-state index contributed by atoms with van der Waals surface area (Å²) < 4.78 is 27.2. The number of piperidine rings is 1. The predicted octanol–water partition coefficient (Wildman–Crippen LogP) is 3.21. The molecule has 160 valence electrons. The van der Waals surface area contributed by atoms with Crippen LogP contribution < -0.4 is 4.90 Å². The van der Waals surface area contributed by atoms with Crippen molar-refractivity contribution in [3.8, 4) is 0 Å². The number of nitrogens with zero attached hydrogens (tertiary/aromatic N) is 3. The molecule has 1 unspecified atom stereocenters. The zero-order chi connectivity index (χ0) is 21.1. The maximum atomic E-state index is 13.0. The number of benzene rings is 2. The highest BCUT2D eigenvalue weighted by Gasteiger charge is 2.29. The Labute approximate surface area is 179 Å². The molecule has 2 aromatic rings. The highest BCUT2D eigenvalue weighted by molar-refractivity contribution is 7.89. The van der Waals surface area contributed by atoms with Crippen molar-refractivity contribution in [3.63, 3.8) is 0 Å². The number of hydrogen-bond donors (Lipinski definition) is 0. The molecule has 0 aliphatic carbocycles. The topological polar surface area (TPSA) is 60.9 Å². The Balaban J connectivity index is 1.43. The number of rotatable bonds is 4. The van der Waals surface area contributed by atoms with Crippen LogP contribution >= 0.6 is 0 Å². The van der Waals surface area contributed by atoms with Gasteiger partial charge in [-0.2, -0.15) is 4.31 Å². The Kier molecular flexibility index (Phi) is 6.11. The van der Waals surface area contributed by atoms with Gasteiger partial charge in [0.15, 0.2) is 0 Å². The average Bonchev–Trinajstić information content (AvgIpc) is 2.80. The van der Waals surface area contributed by atoms with Gasteiger partial charge in [-0.15, -0.1) is 0 Å². The molecule has 4 rings (SSSR count). The van der Waals surface area contributed by atoms with Crippen molar-refractivity contribution in [2.24, 2.45) is 0 Å². The second-order valence-corrected chi connectivity index (χ2v) is 10.1. The lowest BCUT2D eigenvalue weighted by Crippen LogP contribution is -2.53. The van der Waals surface area contributed by atoms with E-state index in [9.17, 15) is 13.2 Å². The third-order valence-electron chi connectivity index (χ3n) is 6.06. The number of anilines is 1. The average molecular weight is 428 g/mol. The molecule has 2 saturated heterocycles. The first-order chi connectivity index (χ1) is 14.5. The first-order valence-corrected chi connectivity index (χ1v) is 12.1. The molecule has 1 atom stereocenters. The summed E-state index contributed by atoms with van der Waals surface area (Å²) in [4.78, 5) is 17.4. The minimum atomic E-state index is -3.47. The highest BCUT2D eigenvalue weighted by Crippen LogP contribution is 2.23. The van der Waals surface area contributed by atoms with Crippen LogP contribution in [0.1, 0.15) is 36.5 Å². The second-order valence-electron chi connectivity index (χ2n) is 8.12. The third-order valence-corrected chi connectivity index (χ3v) is 7.97. The smallest absolute Gasteiger partial charge is 0.253 e. The number of amides is 1. The molecule has 0 bridgehead atoms. The lowest BCUT2D eigenvalue weighted by atomic mass is 10.1. The minimum absolute atomic E-state index is 0.0449. The summed E-state index contributed by atoms with van der Waals surface area (Å²) in [5.41, 5.74) is 1.71. The van der Waals surface area contributed by atoms with Crippen LogP contribution in [0.3, 0.4) is 0 Å². The Morgan fingerprint density at radius 1 is 0.867 bits per heavy atom. The van der Waals surface area contributed by atoms with Crippen molar-refractivity contribution in [2.45, 2.75) is 37.1 Å². The Morgan fingerprint density at radius 2 is 1.53 bits per heavy atom. The standard InChI is InChI=1S/C23H29N3O3S/c1-19-18-24(16-17-26(19)21-8-4-2-5-9-21)23(27)20-10-12-22(13-11-20)30(28,29)25-14-6-3-7-15-25/h2,4-5,8-13,19H,3,6-7,14-18H2,1H3. The molecule has 2 fully saturated rings. The van der Waals surface area contributed by atoms with Gasteiger partial charge in [0, 0.05) is 50.0 Å². The monoisotopic (exact) mass is 427 g/mol. The van der Waals surface area contributed by atoms with Gasteiger partial charge in [0.05, 0.1) is 4.90 Å². The largest absolute Gasteiger partial charge is 0.365 e. The van der Waals surface area contributed by atoms with E-state index in [0.29, 0.717) is 31.7 Å². The van der Waals surface area contributed by atoms with Gasteiger partial charge in [-0.05, 0) is 56.2 Å². The molecule has 1 amide bonds. The summed E-state index contributed by atoms with van der Waals surface area (Å²) in [5.74, 6) is -0.0449. The van der Waals surface area contributed by atoms with Crippen molar-refractivity contribution in [3.05, 3.63) is 60.2 Å². The van der Waals surface area contributed by atoms with Gasteiger partial charge in [0.2, 0.25) is 10.0 Å². The molecule has 2 heterocycles. The highest BCUT2D eigenvalue weighted by atomic mass is 32.2. The van der Waals surface area contributed by atoms with Crippen LogP contribution in [0.25, 0.3) is 0 Å². The van der Waals surface area contributed by atoms with E-state index < -0.39 is 10.0 Å². The summed E-state index contributed by atoms with van der Waals surface area (Å²) in [6, 6.07) is 16.9. The molecule has 0 N–H and O–H groups in total. The van der Waals surface area contributed by atoms with Crippen molar-refractivity contribution >= 4 is 21.6 Å². The first kappa shape index (κ1) is 20.9. The van der Waals surface area contributed by atoms with E-state index in [1.807, 2.05) is 23.1 Å². The van der Waals surface area contributed by atoms with Gasteiger partial charge < -0.3 is 9.80 Å². The SMILES string of the molecule is CC1CN(C(=O)c2ccc(S(=O)(=O)N3CCCCC3)cc2)CCN1c1ccccc1. The maximum Gasteiger partial charge on any atom is 0.253 e. The number of carbonyl (C=O) groups excluding carboxylic acids is 1. The van der Waals surface area contributed by atoms with Crippen LogP contribution in [0.2, 0.25) is 0 Å². The fourth-order valence-corrected chi connectivity index (χ4v) is 5.87. The molecule has 7 heteroatoms. The molecule has 2 aliphatic rings. The molecule has 6 nitrogen and oxygen atoms in total. The van der Waals surface area contributed by atoms with Gasteiger partial charge in [-0.3, -0.25) is 4.79 Å². The molecule has 0 saturated carbocycles.